The highest BCUT2D eigenvalue weighted by Crippen LogP contribution is 2.33. The topological polar surface area (TPSA) is 54.9 Å². The molecular formula is C18H27F2N3O2. The Kier molecular flexibility index (Phi) is 7.76. The Morgan fingerprint density at radius 2 is 2.08 bits per heavy atom. The van der Waals surface area contributed by atoms with Crippen molar-refractivity contribution in [1.82, 2.24) is 10.6 Å². The third-order valence-electron chi connectivity index (χ3n) is 3.86. The van der Waals surface area contributed by atoms with Gasteiger partial charge in [0.05, 0.1) is 13.2 Å². The first-order chi connectivity index (χ1) is 12.1. The first-order valence-corrected chi connectivity index (χ1v) is 8.85. The third-order valence-corrected chi connectivity index (χ3v) is 3.86. The largest absolute Gasteiger partial charge is 0.490 e. The summed E-state index contributed by atoms with van der Waals surface area (Å²) in [5.41, 5.74) is 0.561. The van der Waals surface area contributed by atoms with Crippen molar-refractivity contribution in [2.24, 2.45) is 10.9 Å². The number of hydrogen-bond acceptors (Lipinski definition) is 3. The van der Waals surface area contributed by atoms with Crippen LogP contribution in [0.4, 0.5) is 8.78 Å². The molecule has 1 fully saturated rings. The van der Waals surface area contributed by atoms with Crippen molar-refractivity contribution in [2.75, 3.05) is 19.7 Å². The number of rotatable bonds is 10. The summed E-state index contributed by atoms with van der Waals surface area (Å²) in [5.74, 6) is 1.87. The Bertz CT molecular complexity index is 563. The molecule has 0 atom stereocenters. The highest BCUT2D eigenvalue weighted by atomic mass is 19.3. The van der Waals surface area contributed by atoms with Gasteiger partial charge in [-0.15, -0.1) is 0 Å². The molecule has 25 heavy (non-hydrogen) atoms. The Morgan fingerprint density at radius 3 is 2.72 bits per heavy atom. The zero-order valence-electron chi connectivity index (χ0n) is 14.9. The fourth-order valence-corrected chi connectivity index (χ4v) is 2.49. The second-order valence-electron chi connectivity index (χ2n) is 5.91. The molecule has 0 heterocycles. The lowest BCUT2D eigenvalue weighted by molar-refractivity contribution is -0.0520. The Hall–Kier alpha value is -2.05. The van der Waals surface area contributed by atoms with Gasteiger partial charge in [-0.3, -0.25) is 0 Å². The second-order valence-corrected chi connectivity index (χ2v) is 5.91. The molecule has 5 nitrogen and oxygen atoms in total. The molecule has 140 valence electrons. The smallest absolute Gasteiger partial charge is 0.387 e. The molecule has 2 N–H and O–H groups in total. The van der Waals surface area contributed by atoms with Gasteiger partial charge in [-0.05, 0) is 32.3 Å². The van der Waals surface area contributed by atoms with Gasteiger partial charge in [0.25, 0.3) is 0 Å². The van der Waals surface area contributed by atoms with E-state index in [9.17, 15) is 8.78 Å². The van der Waals surface area contributed by atoms with E-state index in [0.717, 1.165) is 25.4 Å². The van der Waals surface area contributed by atoms with E-state index in [1.807, 2.05) is 6.92 Å². The van der Waals surface area contributed by atoms with E-state index in [-0.39, 0.29) is 12.3 Å². The summed E-state index contributed by atoms with van der Waals surface area (Å²) in [6.45, 7) is 3.06. The van der Waals surface area contributed by atoms with E-state index in [1.165, 1.54) is 12.8 Å². The minimum Gasteiger partial charge on any atom is -0.490 e. The minimum absolute atomic E-state index is 0.0527. The summed E-state index contributed by atoms with van der Waals surface area (Å²) in [7, 11) is 0. The predicted octanol–water partition coefficient (Wildman–Crippen LogP) is 3.54. The number of ether oxygens (including phenoxy) is 2. The average molecular weight is 355 g/mol. The molecule has 0 saturated heterocycles. The first kappa shape index (κ1) is 19.3. The molecule has 0 aliphatic heterocycles. The Labute approximate surface area is 147 Å². The zero-order valence-corrected chi connectivity index (χ0v) is 14.9. The van der Waals surface area contributed by atoms with Crippen molar-refractivity contribution >= 4 is 5.96 Å². The molecule has 1 aromatic rings. The van der Waals surface area contributed by atoms with E-state index in [2.05, 4.69) is 20.4 Å². The van der Waals surface area contributed by atoms with Crippen molar-refractivity contribution in [3.05, 3.63) is 23.8 Å². The van der Waals surface area contributed by atoms with Crippen molar-refractivity contribution in [3.63, 3.8) is 0 Å². The summed E-state index contributed by atoms with van der Waals surface area (Å²) in [4.78, 5) is 4.48. The van der Waals surface area contributed by atoms with Crippen LogP contribution in [-0.4, -0.2) is 32.3 Å². The second kappa shape index (κ2) is 10.1. The van der Waals surface area contributed by atoms with Gasteiger partial charge in [-0.1, -0.05) is 25.0 Å². The van der Waals surface area contributed by atoms with E-state index >= 15 is 0 Å². The monoisotopic (exact) mass is 355 g/mol. The Morgan fingerprint density at radius 1 is 1.28 bits per heavy atom. The van der Waals surface area contributed by atoms with Crippen molar-refractivity contribution in [2.45, 2.75) is 46.3 Å². The fraction of sp³-hybridized carbons (Fsp3) is 0.611. The number of aliphatic imine (C=N–C) groups is 1. The molecule has 0 radical (unpaired) electrons. The maximum atomic E-state index is 12.8. The van der Waals surface area contributed by atoms with E-state index < -0.39 is 6.61 Å². The molecule has 1 aliphatic carbocycles. The third kappa shape index (κ3) is 6.76. The van der Waals surface area contributed by atoms with Crippen LogP contribution in [0, 0.1) is 5.92 Å². The molecule has 1 saturated carbocycles. The molecular weight excluding hydrogens is 328 g/mol. The summed E-state index contributed by atoms with van der Waals surface area (Å²) < 4.78 is 35.6. The molecule has 0 aromatic heterocycles. The van der Waals surface area contributed by atoms with Crippen molar-refractivity contribution in [1.29, 1.82) is 0 Å². The van der Waals surface area contributed by atoms with Crippen LogP contribution >= 0.6 is 0 Å². The van der Waals surface area contributed by atoms with Gasteiger partial charge < -0.3 is 20.1 Å². The average Bonchev–Trinajstić information content (AvgIpc) is 3.39. The van der Waals surface area contributed by atoms with Crippen LogP contribution in [0.1, 0.15) is 38.7 Å². The standard InChI is InChI=1S/C18H27F2N3O2/c1-3-21-18(22-11-10-13-8-9-13)23-12-14-6-5-7-15(24-4-2)16(14)25-17(19)20/h5-7,13,17H,3-4,8-12H2,1-2H3,(H2,21,22,23). The van der Waals surface area contributed by atoms with Crippen LogP contribution in [0.25, 0.3) is 0 Å². The lowest BCUT2D eigenvalue weighted by Gasteiger charge is -2.15. The molecule has 0 amide bonds. The summed E-state index contributed by atoms with van der Waals surface area (Å²) in [5, 5.41) is 6.45. The minimum atomic E-state index is -2.91. The molecule has 0 spiro atoms. The molecule has 7 heteroatoms. The predicted molar refractivity (Wildman–Crippen MR) is 94.4 cm³/mol. The normalized spacial score (nSPS) is 14.5. The van der Waals surface area contributed by atoms with Crippen LogP contribution in [-0.2, 0) is 6.54 Å². The van der Waals surface area contributed by atoms with Crippen molar-refractivity contribution < 1.29 is 18.3 Å². The van der Waals surface area contributed by atoms with Gasteiger partial charge in [0.2, 0.25) is 0 Å². The lowest BCUT2D eigenvalue weighted by Crippen LogP contribution is -2.37. The molecule has 1 aliphatic rings. The van der Waals surface area contributed by atoms with Crippen LogP contribution in [0.3, 0.4) is 0 Å². The quantitative estimate of drug-likeness (QED) is 0.498. The maximum Gasteiger partial charge on any atom is 0.387 e. The zero-order chi connectivity index (χ0) is 18.1. The van der Waals surface area contributed by atoms with E-state index in [4.69, 9.17) is 4.74 Å². The van der Waals surface area contributed by atoms with Gasteiger partial charge in [0, 0.05) is 18.7 Å². The fourth-order valence-electron chi connectivity index (χ4n) is 2.49. The van der Waals surface area contributed by atoms with Crippen LogP contribution in [0.15, 0.2) is 23.2 Å². The molecule has 0 bridgehead atoms. The first-order valence-electron chi connectivity index (χ1n) is 8.85. The molecule has 0 unspecified atom stereocenters. The number of para-hydroxylation sites is 1. The van der Waals surface area contributed by atoms with E-state index in [1.54, 1.807) is 25.1 Å². The highest BCUT2D eigenvalue weighted by molar-refractivity contribution is 5.79. The molecule has 1 aromatic carbocycles. The van der Waals surface area contributed by atoms with Gasteiger partial charge in [-0.2, -0.15) is 8.78 Å². The van der Waals surface area contributed by atoms with Crippen LogP contribution in [0.5, 0.6) is 11.5 Å². The molecule has 2 rings (SSSR count). The van der Waals surface area contributed by atoms with Crippen LogP contribution < -0.4 is 20.1 Å². The van der Waals surface area contributed by atoms with Crippen LogP contribution in [0.2, 0.25) is 0 Å². The number of nitrogens with zero attached hydrogens (tertiary/aromatic N) is 1. The Balaban J connectivity index is 2.07. The number of nitrogens with one attached hydrogen (secondary N) is 2. The SMILES string of the molecule is CCNC(=NCc1cccc(OCC)c1OC(F)F)NCCC1CC1. The number of guanidine groups is 1. The highest BCUT2D eigenvalue weighted by Gasteiger charge is 2.20. The van der Waals surface area contributed by atoms with Gasteiger partial charge in [0.1, 0.15) is 0 Å². The van der Waals surface area contributed by atoms with Gasteiger partial charge in [-0.25, -0.2) is 4.99 Å². The summed E-state index contributed by atoms with van der Waals surface area (Å²) in [6.07, 6.45) is 3.76. The van der Waals surface area contributed by atoms with E-state index in [0.29, 0.717) is 23.9 Å². The maximum absolute atomic E-state index is 12.8. The summed E-state index contributed by atoms with van der Waals surface area (Å²) >= 11 is 0. The van der Waals surface area contributed by atoms with Crippen molar-refractivity contribution in [3.8, 4) is 11.5 Å². The number of hydrogen-bond donors (Lipinski definition) is 2. The van der Waals surface area contributed by atoms with Gasteiger partial charge >= 0.3 is 6.61 Å². The number of benzene rings is 1. The number of halogens is 2. The lowest BCUT2D eigenvalue weighted by atomic mass is 10.2. The summed E-state index contributed by atoms with van der Waals surface area (Å²) in [6, 6.07) is 5.09. The number of alkyl halides is 2. The van der Waals surface area contributed by atoms with Gasteiger partial charge in [0.15, 0.2) is 17.5 Å².